The van der Waals surface area contributed by atoms with Gasteiger partial charge in [-0.05, 0) is 12.1 Å². The van der Waals surface area contributed by atoms with E-state index in [1.54, 1.807) is 18.2 Å². The molecule has 0 aliphatic carbocycles. The van der Waals surface area contributed by atoms with E-state index in [9.17, 15) is 12.8 Å². The number of para-hydroxylation sites is 1. The summed E-state index contributed by atoms with van der Waals surface area (Å²) in [6.45, 7) is 0. The van der Waals surface area contributed by atoms with Crippen LogP contribution in [0, 0.1) is 5.82 Å². The van der Waals surface area contributed by atoms with E-state index < -0.39 is 9.84 Å². The molecule has 1 aliphatic rings. The summed E-state index contributed by atoms with van der Waals surface area (Å²) in [5.41, 5.74) is 0.323. The monoisotopic (exact) mass is 227 g/mol. The summed E-state index contributed by atoms with van der Waals surface area (Å²) in [6.07, 6.45) is 1.53. The Morgan fingerprint density at radius 2 is 2.07 bits per heavy atom. The number of nitrogens with one attached hydrogen (secondary N) is 1. The molecule has 0 aromatic heterocycles. The molecular weight excluding hydrogens is 217 g/mol. The molecule has 1 aromatic rings. The van der Waals surface area contributed by atoms with Crippen molar-refractivity contribution in [2.24, 2.45) is 0 Å². The minimum Gasteiger partial charge on any atom is -0.375 e. The van der Waals surface area contributed by atoms with Crippen molar-refractivity contribution in [1.29, 1.82) is 0 Å². The van der Waals surface area contributed by atoms with Crippen LogP contribution in [0.5, 0.6) is 0 Å². The number of anilines is 1. The van der Waals surface area contributed by atoms with Gasteiger partial charge >= 0.3 is 0 Å². The third kappa shape index (κ3) is 2.36. The topological polar surface area (TPSA) is 46.2 Å². The maximum Gasteiger partial charge on any atom is 0.173 e. The number of hydrogen-bond acceptors (Lipinski definition) is 3. The number of benzene rings is 1. The highest BCUT2D eigenvalue weighted by Crippen LogP contribution is 2.17. The molecular formula is C10H10FNO2S. The summed E-state index contributed by atoms with van der Waals surface area (Å²) < 4.78 is 35.4. The van der Waals surface area contributed by atoms with Gasteiger partial charge in [0, 0.05) is 5.41 Å². The normalized spacial score (nSPS) is 22.9. The zero-order valence-corrected chi connectivity index (χ0v) is 8.67. The van der Waals surface area contributed by atoms with Crippen molar-refractivity contribution in [3.05, 3.63) is 41.6 Å². The van der Waals surface area contributed by atoms with Crippen LogP contribution in [0.2, 0.25) is 0 Å². The SMILES string of the molecule is O=S1(=O)C=CC(Nc2ccccc2F)C1. The average molecular weight is 227 g/mol. The van der Waals surface area contributed by atoms with Gasteiger partial charge in [-0.25, -0.2) is 12.8 Å². The molecule has 0 radical (unpaired) electrons. The van der Waals surface area contributed by atoms with Crippen LogP contribution in [0.25, 0.3) is 0 Å². The molecule has 1 N–H and O–H groups in total. The van der Waals surface area contributed by atoms with E-state index >= 15 is 0 Å². The molecule has 0 bridgehead atoms. The molecule has 1 heterocycles. The zero-order valence-electron chi connectivity index (χ0n) is 7.85. The Balaban J connectivity index is 2.12. The highest BCUT2D eigenvalue weighted by molar-refractivity contribution is 7.94. The number of rotatable bonds is 2. The lowest BCUT2D eigenvalue weighted by Gasteiger charge is -2.11. The Hall–Kier alpha value is -1.36. The van der Waals surface area contributed by atoms with Crippen molar-refractivity contribution in [2.45, 2.75) is 6.04 Å². The largest absolute Gasteiger partial charge is 0.375 e. The first-order chi connectivity index (χ1) is 7.07. The Kier molecular flexibility index (Phi) is 2.48. The highest BCUT2D eigenvalue weighted by atomic mass is 32.2. The van der Waals surface area contributed by atoms with Crippen molar-refractivity contribution < 1.29 is 12.8 Å². The van der Waals surface area contributed by atoms with Gasteiger partial charge in [-0.2, -0.15) is 0 Å². The number of sulfone groups is 1. The lowest BCUT2D eigenvalue weighted by molar-refractivity contribution is 0.604. The third-order valence-electron chi connectivity index (χ3n) is 2.14. The first-order valence-electron chi connectivity index (χ1n) is 4.49. The molecule has 2 rings (SSSR count). The van der Waals surface area contributed by atoms with Gasteiger partial charge in [0.1, 0.15) is 5.82 Å². The quantitative estimate of drug-likeness (QED) is 0.833. The summed E-state index contributed by atoms with van der Waals surface area (Å²) in [6, 6.07) is 5.84. The van der Waals surface area contributed by atoms with Crippen molar-refractivity contribution >= 4 is 15.5 Å². The van der Waals surface area contributed by atoms with Gasteiger partial charge in [-0.15, -0.1) is 0 Å². The van der Waals surface area contributed by atoms with E-state index in [2.05, 4.69) is 5.32 Å². The molecule has 1 aromatic carbocycles. The van der Waals surface area contributed by atoms with Gasteiger partial charge in [-0.3, -0.25) is 0 Å². The van der Waals surface area contributed by atoms with Crippen molar-refractivity contribution in [1.82, 2.24) is 0 Å². The summed E-state index contributed by atoms with van der Waals surface area (Å²) in [5, 5.41) is 3.98. The maximum atomic E-state index is 13.2. The van der Waals surface area contributed by atoms with E-state index in [0.29, 0.717) is 5.69 Å². The Labute approximate surface area is 87.5 Å². The fourth-order valence-corrected chi connectivity index (χ4v) is 2.68. The molecule has 80 valence electrons. The second-order valence-corrected chi connectivity index (χ2v) is 5.32. The second-order valence-electron chi connectivity index (χ2n) is 3.39. The van der Waals surface area contributed by atoms with Crippen LogP contribution < -0.4 is 5.32 Å². The van der Waals surface area contributed by atoms with E-state index in [4.69, 9.17) is 0 Å². The number of halogens is 1. The van der Waals surface area contributed by atoms with E-state index in [1.807, 2.05) is 0 Å². The van der Waals surface area contributed by atoms with Crippen LogP contribution in [-0.4, -0.2) is 20.2 Å². The fraction of sp³-hybridized carbons (Fsp3) is 0.200. The first-order valence-corrected chi connectivity index (χ1v) is 6.20. The molecule has 1 aliphatic heterocycles. The highest BCUT2D eigenvalue weighted by Gasteiger charge is 2.21. The predicted octanol–water partition coefficient (Wildman–Crippen LogP) is 1.55. The van der Waals surface area contributed by atoms with Crippen LogP contribution >= 0.6 is 0 Å². The summed E-state index contributed by atoms with van der Waals surface area (Å²) in [5.74, 6) is -0.392. The van der Waals surface area contributed by atoms with Gasteiger partial charge in [-0.1, -0.05) is 18.2 Å². The van der Waals surface area contributed by atoms with Gasteiger partial charge in [0.2, 0.25) is 0 Å². The minimum atomic E-state index is -3.09. The van der Waals surface area contributed by atoms with Gasteiger partial charge < -0.3 is 5.32 Å². The van der Waals surface area contributed by atoms with Gasteiger partial charge in [0.15, 0.2) is 9.84 Å². The van der Waals surface area contributed by atoms with E-state index in [-0.39, 0.29) is 17.6 Å². The second kappa shape index (κ2) is 3.66. The van der Waals surface area contributed by atoms with Crippen LogP contribution in [0.1, 0.15) is 0 Å². The molecule has 0 spiro atoms. The predicted molar refractivity (Wildman–Crippen MR) is 56.7 cm³/mol. The van der Waals surface area contributed by atoms with Crippen LogP contribution in [0.3, 0.4) is 0 Å². The smallest absolute Gasteiger partial charge is 0.173 e. The standard InChI is InChI=1S/C10H10FNO2S/c11-9-3-1-2-4-10(9)12-8-5-6-15(13,14)7-8/h1-6,8,12H,7H2. The molecule has 1 unspecified atom stereocenters. The molecule has 5 heteroatoms. The van der Waals surface area contributed by atoms with Crippen molar-refractivity contribution in [3.8, 4) is 0 Å². The minimum absolute atomic E-state index is 0.0126. The molecule has 0 amide bonds. The van der Waals surface area contributed by atoms with E-state index in [0.717, 1.165) is 5.41 Å². The molecule has 1 atom stereocenters. The Morgan fingerprint density at radius 1 is 1.33 bits per heavy atom. The summed E-state index contributed by atoms with van der Waals surface area (Å²) in [7, 11) is -3.09. The van der Waals surface area contributed by atoms with E-state index in [1.165, 1.54) is 12.1 Å². The molecule has 15 heavy (non-hydrogen) atoms. The molecule has 3 nitrogen and oxygen atoms in total. The third-order valence-corrected chi connectivity index (χ3v) is 3.54. The van der Waals surface area contributed by atoms with Crippen LogP contribution in [0.15, 0.2) is 35.7 Å². The lowest BCUT2D eigenvalue weighted by Crippen LogP contribution is -2.21. The summed E-state index contributed by atoms with van der Waals surface area (Å²) >= 11 is 0. The lowest BCUT2D eigenvalue weighted by atomic mass is 10.2. The van der Waals surface area contributed by atoms with Crippen LogP contribution in [-0.2, 0) is 9.84 Å². The summed E-state index contributed by atoms with van der Waals surface area (Å²) in [4.78, 5) is 0. The van der Waals surface area contributed by atoms with Gasteiger partial charge in [0.05, 0.1) is 17.5 Å². The fourth-order valence-electron chi connectivity index (χ4n) is 1.44. The zero-order chi connectivity index (χ0) is 10.9. The van der Waals surface area contributed by atoms with Crippen molar-refractivity contribution in [2.75, 3.05) is 11.1 Å². The Bertz CT molecular complexity index is 496. The molecule has 0 saturated carbocycles. The number of hydrogen-bond donors (Lipinski definition) is 1. The van der Waals surface area contributed by atoms with Crippen molar-refractivity contribution in [3.63, 3.8) is 0 Å². The molecule has 0 fully saturated rings. The van der Waals surface area contributed by atoms with Crippen LogP contribution in [0.4, 0.5) is 10.1 Å². The van der Waals surface area contributed by atoms with Gasteiger partial charge in [0.25, 0.3) is 0 Å². The molecule has 0 saturated heterocycles. The maximum absolute atomic E-state index is 13.2. The average Bonchev–Trinajstić information content (AvgIpc) is 2.50. The first kappa shape index (κ1) is 10.2. The Morgan fingerprint density at radius 3 is 2.67 bits per heavy atom.